The number of ether oxygens (including phenoxy) is 1. The second kappa shape index (κ2) is 4.62. The molecule has 3 nitrogen and oxygen atoms in total. The maximum Gasteiger partial charge on any atom is 0.126 e. The van der Waals surface area contributed by atoms with Crippen LogP contribution in [-0.2, 0) is 0 Å². The molecule has 0 amide bonds. The molecule has 2 rings (SSSR count). The standard InChI is InChI=1S/C15H20N2O/c1-10-7-11(2)13(18-3)12(8-10)14(17)15(9-16)5-4-6-15/h7-8,14H,4-6,17H2,1-3H3. The molecule has 1 aliphatic rings. The molecule has 0 spiro atoms. The molecule has 0 bridgehead atoms. The van der Waals surface area contributed by atoms with Crippen molar-refractivity contribution in [3.05, 3.63) is 28.8 Å². The fraction of sp³-hybridized carbons (Fsp3) is 0.533. The molecular formula is C15H20N2O. The van der Waals surface area contributed by atoms with E-state index >= 15 is 0 Å². The van der Waals surface area contributed by atoms with Gasteiger partial charge in [-0.15, -0.1) is 0 Å². The predicted octanol–water partition coefficient (Wildman–Crippen LogP) is 3.01. The lowest BCUT2D eigenvalue weighted by Gasteiger charge is -2.40. The maximum absolute atomic E-state index is 9.40. The zero-order valence-corrected chi connectivity index (χ0v) is 11.3. The number of aryl methyl sites for hydroxylation is 2. The second-order valence-electron chi connectivity index (χ2n) is 5.30. The number of rotatable bonds is 3. The molecule has 18 heavy (non-hydrogen) atoms. The molecule has 1 unspecified atom stereocenters. The Morgan fingerprint density at radius 1 is 1.39 bits per heavy atom. The number of methoxy groups -OCH3 is 1. The van der Waals surface area contributed by atoms with Gasteiger partial charge in [-0.3, -0.25) is 0 Å². The van der Waals surface area contributed by atoms with E-state index in [4.69, 9.17) is 10.5 Å². The van der Waals surface area contributed by atoms with Crippen LogP contribution in [0.25, 0.3) is 0 Å². The fourth-order valence-electron chi connectivity index (χ4n) is 2.84. The number of hydrogen-bond donors (Lipinski definition) is 1. The minimum Gasteiger partial charge on any atom is -0.496 e. The molecule has 1 atom stereocenters. The number of nitrogens with zero attached hydrogens (tertiary/aromatic N) is 1. The van der Waals surface area contributed by atoms with Gasteiger partial charge >= 0.3 is 0 Å². The summed E-state index contributed by atoms with van der Waals surface area (Å²) in [7, 11) is 1.66. The van der Waals surface area contributed by atoms with Gasteiger partial charge in [0.05, 0.1) is 24.6 Å². The van der Waals surface area contributed by atoms with E-state index in [1.807, 2.05) is 19.9 Å². The summed E-state index contributed by atoms with van der Waals surface area (Å²) in [5, 5.41) is 9.40. The summed E-state index contributed by atoms with van der Waals surface area (Å²) in [6.07, 6.45) is 2.87. The lowest BCUT2D eigenvalue weighted by atomic mass is 9.63. The first-order valence-corrected chi connectivity index (χ1v) is 6.36. The van der Waals surface area contributed by atoms with E-state index in [9.17, 15) is 5.26 Å². The molecule has 0 saturated heterocycles. The third-order valence-corrected chi connectivity index (χ3v) is 4.05. The van der Waals surface area contributed by atoms with Crippen LogP contribution >= 0.6 is 0 Å². The summed E-state index contributed by atoms with van der Waals surface area (Å²) >= 11 is 0. The van der Waals surface area contributed by atoms with Crippen LogP contribution in [0.4, 0.5) is 0 Å². The SMILES string of the molecule is COc1c(C)cc(C)cc1C(N)C1(C#N)CCC1. The Hall–Kier alpha value is -1.53. The van der Waals surface area contributed by atoms with Crippen molar-refractivity contribution in [2.24, 2.45) is 11.1 Å². The van der Waals surface area contributed by atoms with Gasteiger partial charge in [-0.25, -0.2) is 0 Å². The molecule has 1 fully saturated rings. The first-order chi connectivity index (χ1) is 8.54. The van der Waals surface area contributed by atoms with Gasteiger partial charge in [-0.2, -0.15) is 5.26 Å². The lowest BCUT2D eigenvalue weighted by molar-refractivity contribution is 0.166. The molecule has 2 N–H and O–H groups in total. The van der Waals surface area contributed by atoms with E-state index in [2.05, 4.69) is 12.1 Å². The average molecular weight is 244 g/mol. The Kier molecular flexibility index (Phi) is 3.32. The summed E-state index contributed by atoms with van der Waals surface area (Å²) in [4.78, 5) is 0. The highest BCUT2D eigenvalue weighted by molar-refractivity contribution is 5.47. The predicted molar refractivity (Wildman–Crippen MR) is 71.3 cm³/mol. The largest absolute Gasteiger partial charge is 0.496 e. The van der Waals surface area contributed by atoms with Crippen LogP contribution < -0.4 is 10.5 Å². The van der Waals surface area contributed by atoms with E-state index < -0.39 is 5.41 Å². The zero-order valence-electron chi connectivity index (χ0n) is 11.3. The van der Waals surface area contributed by atoms with Gasteiger partial charge in [0.25, 0.3) is 0 Å². The molecule has 96 valence electrons. The molecule has 1 aromatic rings. The van der Waals surface area contributed by atoms with Crippen molar-refractivity contribution in [3.63, 3.8) is 0 Å². The van der Waals surface area contributed by atoms with Crippen LogP contribution in [0.2, 0.25) is 0 Å². The normalized spacial score (nSPS) is 18.6. The quantitative estimate of drug-likeness (QED) is 0.889. The van der Waals surface area contributed by atoms with Crippen LogP contribution in [0.3, 0.4) is 0 Å². The van der Waals surface area contributed by atoms with Gasteiger partial charge in [0.15, 0.2) is 0 Å². The van der Waals surface area contributed by atoms with Gasteiger partial charge in [-0.05, 0) is 32.3 Å². The molecule has 0 radical (unpaired) electrons. The summed E-state index contributed by atoms with van der Waals surface area (Å²) in [5.74, 6) is 0.828. The van der Waals surface area contributed by atoms with E-state index in [0.29, 0.717) is 0 Å². The second-order valence-corrected chi connectivity index (χ2v) is 5.30. The van der Waals surface area contributed by atoms with Crippen LogP contribution in [0.15, 0.2) is 12.1 Å². The minimum absolute atomic E-state index is 0.259. The van der Waals surface area contributed by atoms with Gasteiger partial charge < -0.3 is 10.5 Å². The Bertz CT molecular complexity index is 498. The van der Waals surface area contributed by atoms with E-state index in [-0.39, 0.29) is 6.04 Å². The first-order valence-electron chi connectivity index (χ1n) is 6.36. The van der Waals surface area contributed by atoms with Crippen molar-refractivity contribution >= 4 is 0 Å². The third-order valence-electron chi connectivity index (χ3n) is 4.05. The van der Waals surface area contributed by atoms with Crippen LogP contribution in [0, 0.1) is 30.6 Å². The molecule has 1 saturated carbocycles. The highest BCUT2D eigenvalue weighted by atomic mass is 16.5. The number of nitriles is 1. The Morgan fingerprint density at radius 2 is 2.06 bits per heavy atom. The molecule has 0 aliphatic heterocycles. The molecule has 3 heteroatoms. The number of hydrogen-bond acceptors (Lipinski definition) is 3. The summed E-state index contributed by atoms with van der Waals surface area (Å²) < 4.78 is 5.47. The highest BCUT2D eigenvalue weighted by Gasteiger charge is 2.44. The topological polar surface area (TPSA) is 59.0 Å². The Morgan fingerprint density at radius 3 is 2.50 bits per heavy atom. The number of nitrogens with two attached hydrogens (primary N) is 1. The molecule has 1 aromatic carbocycles. The van der Waals surface area contributed by atoms with Crippen LogP contribution in [0.1, 0.15) is 42.0 Å². The smallest absolute Gasteiger partial charge is 0.126 e. The van der Waals surface area contributed by atoms with E-state index in [0.717, 1.165) is 41.7 Å². The minimum atomic E-state index is -0.395. The van der Waals surface area contributed by atoms with E-state index in [1.54, 1.807) is 7.11 Å². The van der Waals surface area contributed by atoms with Crippen molar-refractivity contribution < 1.29 is 4.74 Å². The first kappa shape index (κ1) is 12.9. The van der Waals surface area contributed by atoms with Gasteiger partial charge in [-0.1, -0.05) is 24.1 Å². The Balaban J connectivity index is 2.47. The maximum atomic E-state index is 9.40. The molecule has 0 aromatic heterocycles. The highest BCUT2D eigenvalue weighted by Crippen LogP contribution is 2.50. The fourth-order valence-corrected chi connectivity index (χ4v) is 2.84. The van der Waals surface area contributed by atoms with Crippen LogP contribution in [0.5, 0.6) is 5.75 Å². The summed E-state index contributed by atoms with van der Waals surface area (Å²) in [5.41, 5.74) is 9.17. The molecule has 0 heterocycles. The van der Waals surface area contributed by atoms with Gasteiger partial charge in [0, 0.05) is 5.56 Å². The van der Waals surface area contributed by atoms with Crippen molar-refractivity contribution in [2.45, 2.75) is 39.2 Å². The summed E-state index contributed by atoms with van der Waals surface area (Å²) in [6.45, 7) is 4.06. The molecular weight excluding hydrogens is 224 g/mol. The summed E-state index contributed by atoms with van der Waals surface area (Å²) in [6, 6.07) is 6.29. The van der Waals surface area contributed by atoms with Gasteiger partial charge in [0.1, 0.15) is 5.75 Å². The van der Waals surface area contributed by atoms with Gasteiger partial charge in [0.2, 0.25) is 0 Å². The Labute approximate surface area is 109 Å². The monoisotopic (exact) mass is 244 g/mol. The van der Waals surface area contributed by atoms with Crippen molar-refractivity contribution in [1.82, 2.24) is 0 Å². The number of benzene rings is 1. The zero-order chi connectivity index (χ0) is 13.3. The third kappa shape index (κ3) is 1.87. The van der Waals surface area contributed by atoms with Crippen molar-refractivity contribution in [1.29, 1.82) is 5.26 Å². The van der Waals surface area contributed by atoms with Crippen LogP contribution in [-0.4, -0.2) is 7.11 Å². The van der Waals surface area contributed by atoms with Crippen molar-refractivity contribution in [2.75, 3.05) is 7.11 Å². The molecule has 1 aliphatic carbocycles. The average Bonchev–Trinajstić information content (AvgIpc) is 2.27. The van der Waals surface area contributed by atoms with E-state index in [1.165, 1.54) is 0 Å². The van der Waals surface area contributed by atoms with Crippen molar-refractivity contribution in [3.8, 4) is 11.8 Å². The lowest BCUT2D eigenvalue weighted by Crippen LogP contribution is -2.39.